The first-order valence-corrected chi connectivity index (χ1v) is 9.92. The van der Waals surface area contributed by atoms with Gasteiger partial charge in [0.15, 0.2) is 0 Å². The number of carbonyl (C=O) groups excluding carboxylic acids is 2. The predicted octanol–water partition coefficient (Wildman–Crippen LogP) is -3.98. The number of rotatable bonds is 5. The van der Waals surface area contributed by atoms with E-state index in [9.17, 15) is 22.6 Å². The molecule has 0 aliphatic carbocycles. The van der Waals surface area contributed by atoms with Crippen molar-refractivity contribution in [2.75, 3.05) is 26.2 Å². The smallest absolute Gasteiger partial charge is 0.724 e. The van der Waals surface area contributed by atoms with Crippen molar-refractivity contribution >= 4 is 28.2 Å². The Kier molecular flexibility index (Phi) is 7.64. The number of urea groups is 1. The molecule has 3 heterocycles. The summed E-state index contributed by atoms with van der Waals surface area (Å²) in [5.41, 5.74) is 5.95. The third-order valence-electron chi connectivity index (χ3n) is 4.90. The Labute approximate surface area is 180 Å². The van der Waals surface area contributed by atoms with Crippen LogP contribution in [0.4, 0.5) is 4.79 Å². The average Bonchev–Trinajstić information content (AvgIpc) is 2.79. The number of hydrogen-bond donors (Lipinski definition) is 1. The molecule has 3 rings (SSSR count). The van der Waals surface area contributed by atoms with E-state index in [1.54, 1.807) is 0 Å². The van der Waals surface area contributed by atoms with E-state index in [0.29, 0.717) is 17.9 Å². The van der Waals surface area contributed by atoms with Gasteiger partial charge in [-0.25, -0.2) is 13.2 Å². The number of likely N-dealkylation sites (tertiary alicyclic amines) is 1. The van der Waals surface area contributed by atoms with Crippen LogP contribution >= 0.6 is 0 Å². The first-order chi connectivity index (χ1) is 12.2. The van der Waals surface area contributed by atoms with Crippen molar-refractivity contribution in [1.82, 2.24) is 14.9 Å². The minimum absolute atomic E-state index is 0. The predicted molar refractivity (Wildman–Crippen MR) is 88.5 cm³/mol. The molecule has 0 radical (unpaired) electrons. The number of aliphatic imine (C=N–C) groups is 1. The summed E-state index contributed by atoms with van der Waals surface area (Å²) < 4.78 is 36.6. The quantitative estimate of drug-likeness (QED) is 0.158. The summed E-state index contributed by atoms with van der Waals surface area (Å²) >= 11 is 0. The summed E-state index contributed by atoms with van der Waals surface area (Å²) in [6, 6.07) is -1.93. The van der Waals surface area contributed by atoms with Gasteiger partial charge in [-0.2, -0.15) is 14.3 Å². The van der Waals surface area contributed by atoms with Gasteiger partial charge >= 0.3 is 35.6 Å². The molecule has 3 fully saturated rings. The molecule has 11 nitrogen and oxygen atoms in total. The van der Waals surface area contributed by atoms with Crippen LogP contribution in [0.15, 0.2) is 4.99 Å². The number of hydrogen-bond acceptors (Lipinski definition) is 7. The summed E-state index contributed by atoms with van der Waals surface area (Å²) in [6.45, 7) is 2.06. The zero-order chi connectivity index (χ0) is 18.9. The Bertz CT molecular complexity index is 711. The second kappa shape index (κ2) is 9.16. The molecule has 2 atom stereocenters. The van der Waals surface area contributed by atoms with Gasteiger partial charge < -0.3 is 15.2 Å². The second-order valence-corrected chi connectivity index (χ2v) is 7.72. The molecule has 3 saturated heterocycles. The second-order valence-electron chi connectivity index (χ2n) is 6.76. The average molecular weight is 411 g/mol. The molecule has 0 unspecified atom stereocenters. The van der Waals surface area contributed by atoms with E-state index in [-0.39, 0.29) is 54.4 Å². The van der Waals surface area contributed by atoms with Gasteiger partial charge in [-0.15, -0.1) is 0 Å². The maximum atomic E-state index is 12.3. The first-order valence-electron chi connectivity index (χ1n) is 8.59. The standard InChI is InChI=1S/C14H23N5O6S.Na/c15-13(16-12(20)9-17-6-2-1-3-7-17)11-5-4-10-8-18(11)14(21)19(10)25-26(22,23)24;/h10-11H,1-9H2,(H2,15,16,20)(H,22,23,24);/q;+1/p-1/t10-,11+;/m1./s1. The topological polar surface area (TPSA) is 149 Å². The van der Waals surface area contributed by atoms with Crippen LogP contribution in [0.5, 0.6) is 0 Å². The van der Waals surface area contributed by atoms with Crippen molar-refractivity contribution in [2.45, 2.75) is 44.2 Å². The van der Waals surface area contributed by atoms with Crippen LogP contribution in [-0.2, 0) is 19.5 Å². The molecule has 3 aliphatic rings. The third-order valence-corrected chi connectivity index (χ3v) is 5.24. The normalized spacial score (nSPS) is 26.9. The maximum Gasteiger partial charge on any atom is 1.00 e. The fourth-order valence-corrected chi connectivity index (χ4v) is 4.08. The third kappa shape index (κ3) is 5.62. The summed E-state index contributed by atoms with van der Waals surface area (Å²) in [5.74, 6) is -0.348. The molecule has 0 spiro atoms. The Morgan fingerprint density at radius 3 is 2.56 bits per heavy atom. The van der Waals surface area contributed by atoms with E-state index >= 15 is 0 Å². The van der Waals surface area contributed by atoms with Crippen LogP contribution < -0.4 is 35.3 Å². The molecule has 0 aromatic heterocycles. The number of amidine groups is 1. The van der Waals surface area contributed by atoms with Crippen LogP contribution in [0.1, 0.15) is 32.1 Å². The minimum atomic E-state index is -5.04. The zero-order valence-electron chi connectivity index (χ0n) is 15.2. The van der Waals surface area contributed by atoms with Gasteiger partial charge in [-0.1, -0.05) is 6.42 Å². The molecule has 146 valence electrons. The van der Waals surface area contributed by atoms with Crippen molar-refractivity contribution in [1.29, 1.82) is 0 Å². The maximum absolute atomic E-state index is 12.3. The van der Waals surface area contributed by atoms with Gasteiger partial charge in [0.2, 0.25) is 10.4 Å². The van der Waals surface area contributed by atoms with E-state index in [2.05, 4.69) is 9.28 Å². The van der Waals surface area contributed by atoms with Crippen LogP contribution in [0.3, 0.4) is 0 Å². The molecular weight excluding hydrogens is 389 g/mol. The van der Waals surface area contributed by atoms with Crippen LogP contribution in [0, 0.1) is 0 Å². The summed E-state index contributed by atoms with van der Waals surface area (Å²) in [5, 5.41) is 0.575. The molecular formula is C14H22N5NaO6S. The summed E-state index contributed by atoms with van der Waals surface area (Å²) in [4.78, 5) is 31.7. The van der Waals surface area contributed by atoms with E-state index in [0.717, 1.165) is 32.4 Å². The molecule has 0 saturated carbocycles. The molecule has 13 heteroatoms. The van der Waals surface area contributed by atoms with Gasteiger partial charge in [0, 0.05) is 6.54 Å². The van der Waals surface area contributed by atoms with Crippen molar-refractivity contribution in [3.63, 3.8) is 0 Å². The Morgan fingerprint density at radius 2 is 1.93 bits per heavy atom. The van der Waals surface area contributed by atoms with Gasteiger partial charge in [0.05, 0.1) is 18.6 Å². The molecule has 3 amide bonds. The zero-order valence-corrected chi connectivity index (χ0v) is 18.1. The fourth-order valence-electron chi connectivity index (χ4n) is 3.70. The summed E-state index contributed by atoms with van der Waals surface area (Å²) in [6.07, 6.45) is 4.06. The van der Waals surface area contributed by atoms with E-state index in [4.69, 9.17) is 5.73 Å². The number of piperidine rings is 2. The molecule has 27 heavy (non-hydrogen) atoms. The van der Waals surface area contributed by atoms with E-state index in [1.165, 1.54) is 4.90 Å². The molecule has 0 aromatic rings. The van der Waals surface area contributed by atoms with E-state index in [1.807, 2.05) is 4.90 Å². The van der Waals surface area contributed by atoms with Crippen molar-refractivity contribution in [2.24, 2.45) is 10.7 Å². The van der Waals surface area contributed by atoms with Crippen molar-refractivity contribution in [3.8, 4) is 0 Å². The Balaban J connectivity index is 0.00000261. The van der Waals surface area contributed by atoms with Crippen molar-refractivity contribution in [3.05, 3.63) is 0 Å². The van der Waals surface area contributed by atoms with E-state index < -0.39 is 28.5 Å². The van der Waals surface area contributed by atoms with Crippen molar-refractivity contribution < 1.29 is 56.4 Å². The Morgan fingerprint density at radius 1 is 1.26 bits per heavy atom. The monoisotopic (exact) mass is 411 g/mol. The molecule has 2 bridgehead atoms. The molecule has 0 aromatic carbocycles. The molecule has 3 aliphatic heterocycles. The number of amides is 3. The number of hydroxylamine groups is 2. The SMILES string of the molecule is NC(=NC(=O)CN1CCCCC1)[C@@H]1CC[C@@H]2CN1C(=O)N2OS(=O)(=O)[O-].[Na+]. The number of nitrogens with two attached hydrogens (primary N) is 1. The number of fused-ring (bicyclic) bond motifs is 2. The Hall–Kier alpha value is -0.760. The van der Waals surface area contributed by atoms with Crippen LogP contribution in [-0.4, -0.2) is 83.9 Å². The summed E-state index contributed by atoms with van der Waals surface area (Å²) in [7, 11) is -5.04. The number of carbonyl (C=O) groups is 2. The number of nitrogens with zero attached hydrogens (tertiary/aromatic N) is 4. The minimum Gasteiger partial charge on any atom is -0.724 e. The van der Waals surface area contributed by atoms with Gasteiger partial charge in [-0.05, 0) is 38.8 Å². The fraction of sp³-hybridized carbons (Fsp3) is 0.786. The first kappa shape index (κ1) is 22.5. The van der Waals surface area contributed by atoms with Crippen LogP contribution in [0.25, 0.3) is 0 Å². The van der Waals surface area contributed by atoms with Crippen LogP contribution in [0.2, 0.25) is 0 Å². The van der Waals surface area contributed by atoms with Gasteiger partial charge in [0.25, 0.3) is 5.91 Å². The van der Waals surface area contributed by atoms with Gasteiger partial charge in [-0.3, -0.25) is 9.69 Å². The largest absolute Gasteiger partial charge is 1.00 e. The molecule has 2 N–H and O–H groups in total. The van der Waals surface area contributed by atoms with Gasteiger partial charge in [0.1, 0.15) is 5.84 Å².